The molecule has 0 bridgehead atoms. The summed E-state index contributed by atoms with van der Waals surface area (Å²) in [6, 6.07) is 7.20. The molecule has 0 aliphatic rings. The third-order valence-corrected chi connectivity index (χ3v) is 3.03. The van der Waals surface area contributed by atoms with Crippen LogP contribution in [0.25, 0.3) is 5.69 Å². The molecule has 0 spiro atoms. The lowest BCUT2D eigenvalue weighted by Gasteiger charge is -2.06. The Balaban J connectivity index is 2.68. The highest BCUT2D eigenvalue weighted by Gasteiger charge is 2.12. The van der Waals surface area contributed by atoms with E-state index in [-0.39, 0.29) is 0 Å². The van der Waals surface area contributed by atoms with Gasteiger partial charge in [-0.25, -0.2) is 9.48 Å². The molecule has 0 fully saturated rings. The zero-order valence-corrected chi connectivity index (χ0v) is 10.2. The molecule has 0 aliphatic carbocycles. The van der Waals surface area contributed by atoms with Gasteiger partial charge in [0.1, 0.15) is 5.69 Å². The minimum Gasteiger partial charge on any atom is -0.234 e. The van der Waals surface area contributed by atoms with E-state index in [1.165, 1.54) is 6.08 Å². The van der Waals surface area contributed by atoms with Crippen LogP contribution in [0.3, 0.4) is 0 Å². The SMILES string of the molecule is Cc1nn(-c2ccccc2N=C=O)c(C)c1Cl. The summed E-state index contributed by atoms with van der Waals surface area (Å²) in [7, 11) is 0. The Morgan fingerprint density at radius 2 is 2.06 bits per heavy atom. The number of aliphatic imine (C=N–C) groups is 1. The molecule has 0 aliphatic heterocycles. The van der Waals surface area contributed by atoms with Gasteiger partial charge in [-0.1, -0.05) is 23.7 Å². The first kappa shape index (κ1) is 11.6. The number of rotatable bonds is 2. The molecular formula is C12H10ClN3O. The summed E-state index contributed by atoms with van der Waals surface area (Å²) in [6.45, 7) is 3.70. The van der Waals surface area contributed by atoms with Crippen molar-refractivity contribution in [2.75, 3.05) is 0 Å². The van der Waals surface area contributed by atoms with Crippen molar-refractivity contribution in [3.05, 3.63) is 40.7 Å². The second kappa shape index (κ2) is 4.53. The van der Waals surface area contributed by atoms with Gasteiger partial charge in [0, 0.05) is 0 Å². The van der Waals surface area contributed by atoms with E-state index in [1.54, 1.807) is 16.8 Å². The molecule has 4 nitrogen and oxygen atoms in total. The predicted octanol–water partition coefficient (Wildman–Crippen LogP) is 3.11. The number of nitrogens with zero attached hydrogens (tertiary/aromatic N) is 3. The van der Waals surface area contributed by atoms with Crippen LogP contribution in [0.5, 0.6) is 0 Å². The van der Waals surface area contributed by atoms with Crippen LogP contribution in [-0.2, 0) is 4.79 Å². The Hall–Kier alpha value is -1.90. The van der Waals surface area contributed by atoms with Crippen LogP contribution >= 0.6 is 11.6 Å². The number of carbonyl (C=O) groups excluding carboxylic acids is 1. The van der Waals surface area contributed by atoms with E-state index in [0.717, 1.165) is 11.4 Å². The summed E-state index contributed by atoms with van der Waals surface area (Å²) in [5.41, 5.74) is 2.79. The van der Waals surface area contributed by atoms with Gasteiger partial charge in [-0.2, -0.15) is 10.1 Å². The number of hydrogen-bond acceptors (Lipinski definition) is 3. The first-order valence-electron chi connectivity index (χ1n) is 5.04. The van der Waals surface area contributed by atoms with Crippen LogP contribution in [0.2, 0.25) is 5.02 Å². The molecular weight excluding hydrogens is 238 g/mol. The summed E-state index contributed by atoms with van der Waals surface area (Å²) >= 11 is 6.09. The maximum atomic E-state index is 10.4. The highest BCUT2D eigenvalue weighted by atomic mass is 35.5. The third-order valence-electron chi connectivity index (χ3n) is 2.48. The van der Waals surface area contributed by atoms with Gasteiger partial charge in [0.2, 0.25) is 6.08 Å². The fourth-order valence-electron chi connectivity index (χ4n) is 1.65. The lowest BCUT2D eigenvalue weighted by molar-refractivity contribution is 0.565. The molecule has 0 N–H and O–H groups in total. The molecule has 0 atom stereocenters. The minimum atomic E-state index is 0.518. The Labute approximate surface area is 104 Å². The number of para-hydroxylation sites is 2. The Morgan fingerprint density at radius 3 is 2.65 bits per heavy atom. The van der Waals surface area contributed by atoms with Gasteiger partial charge >= 0.3 is 0 Å². The van der Waals surface area contributed by atoms with E-state index in [9.17, 15) is 4.79 Å². The zero-order chi connectivity index (χ0) is 12.4. The lowest BCUT2D eigenvalue weighted by Crippen LogP contribution is -1.99. The number of benzene rings is 1. The minimum absolute atomic E-state index is 0.518. The molecule has 1 aromatic carbocycles. The summed E-state index contributed by atoms with van der Waals surface area (Å²) < 4.78 is 1.67. The summed E-state index contributed by atoms with van der Waals surface area (Å²) in [4.78, 5) is 14.0. The van der Waals surface area contributed by atoms with Gasteiger partial charge in [0.05, 0.1) is 22.1 Å². The molecule has 0 unspecified atom stereocenters. The van der Waals surface area contributed by atoms with Crippen LogP contribution in [0.1, 0.15) is 11.4 Å². The number of isocyanates is 1. The Morgan fingerprint density at radius 1 is 1.35 bits per heavy atom. The van der Waals surface area contributed by atoms with E-state index < -0.39 is 0 Å². The Bertz CT molecular complexity index is 612. The van der Waals surface area contributed by atoms with Crippen molar-refractivity contribution < 1.29 is 4.79 Å². The van der Waals surface area contributed by atoms with Crippen molar-refractivity contribution in [1.29, 1.82) is 0 Å². The number of aryl methyl sites for hydroxylation is 1. The van der Waals surface area contributed by atoms with Crippen molar-refractivity contribution in [3.63, 3.8) is 0 Å². The highest BCUT2D eigenvalue weighted by molar-refractivity contribution is 6.31. The van der Waals surface area contributed by atoms with Gasteiger partial charge < -0.3 is 0 Å². The van der Waals surface area contributed by atoms with Gasteiger partial charge in [0.15, 0.2) is 0 Å². The fourth-order valence-corrected chi connectivity index (χ4v) is 1.76. The monoisotopic (exact) mass is 247 g/mol. The van der Waals surface area contributed by atoms with E-state index in [1.807, 2.05) is 26.0 Å². The molecule has 0 radical (unpaired) electrons. The van der Waals surface area contributed by atoms with Crippen LogP contribution in [0.15, 0.2) is 29.3 Å². The second-order valence-corrected chi connectivity index (χ2v) is 3.97. The molecule has 17 heavy (non-hydrogen) atoms. The average molecular weight is 248 g/mol. The zero-order valence-electron chi connectivity index (χ0n) is 9.44. The first-order valence-corrected chi connectivity index (χ1v) is 5.42. The molecule has 0 saturated heterocycles. The molecule has 2 rings (SSSR count). The van der Waals surface area contributed by atoms with E-state index in [2.05, 4.69) is 10.1 Å². The van der Waals surface area contributed by atoms with Crippen molar-refractivity contribution in [3.8, 4) is 5.69 Å². The Kier molecular flexibility index (Phi) is 3.09. The summed E-state index contributed by atoms with van der Waals surface area (Å²) in [5.74, 6) is 0. The summed E-state index contributed by atoms with van der Waals surface area (Å²) in [5, 5.41) is 4.94. The second-order valence-electron chi connectivity index (χ2n) is 3.59. The van der Waals surface area contributed by atoms with E-state index >= 15 is 0 Å². The lowest BCUT2D eigenvalue weighted by atomic mass is 10.2. The van der Waals surface area contributed by atoms with Crippen molar-refractivity contribution in [2.24, 2.45) is 4.99 Å². The maximum Gasteiger partial charge on any atom is 0.240 e. The number of hydrogen-bond donors (Lipinski definition) is 0. The molecule has 86 valence electrons. The average Bonchev–Trinajstić information content (AvgIpc) is 2.58. The smallest absolute Gasteiger partial charge is 0.234 e. The fraction of sp³-hybridized carbons (Fsp3) is 0.167. The first-order chi connectivity index (χ1) is 8.15. The number of aromatic nitrogens is 2. The third kappa shape index (κ3) is 2.00. The van der Waals surface area contributed by atoms with Crippen molar-refractivity contribution in [2.45, 2.75) is 13.8 Å². The molecule has 0 saturated carbocycles. The summed E-state index contributed by atoms with van der Waals surface area (Å²) in [6.07, 6.45) is 1.54. The van der Waals surface area contributed by atoms with Crippen LogP contribution in [0.4, 0.5) is 5.69 Å². The number of halogens is 1. The topological polar surface area (TPSA) is 47.2 Å². The molecule has 2 aromatic rings. The molecule has 1 aromatic heterocycles. The van der Waals surface area contributed by atoms with Gasteiger partial charge in [-0.05, 0) is 26.0 Å². The van der Waals surface area contributed by atoms with Crippen molar-refractivity contribution >= 4 is 23.4 Å². The van der Waals surface area contributed by atoms with E-state index in [4.69, 9.17) is 11.6 Å². The van der Waals surface area contributed by atoms with Crippen LogP contribution < -0.4 is 0 Å². The quantitative estimate of drug-likeness (QED) is 0.605. The normalized spacial score (nSPS) is 10.1. The van der Waals surface area contributed by atoms with Crippen molar-refractivity contribution in [1.82, 2.24) is 9.78 Å². The van der Waals surface area contributed by atoms with Crippen LogP contribution in [0, 0.1) is 13.8 Å². The van der Waals surface area contributed by atoms with Gasteiger partial charge in [-0.15, -0.1) is 0 Å². The van der Waals surface area contributed by atoms with Crippen LogP contribution in [-0.4, -0.2) is 15.9 Å². The maximum absolute atomic E-state index is 10.4. The largest absolute Gasteiger partial charge is 0.240 e. The van der Waals surface area contributed by atoms with E-state index in [0.29, 0.717) is 16.4 Å². The van der Waals surface area contributed by atoms with Gasteiger partial charge in [0.25, 0.3) is 0 Å². The molecule has 0 amide bonds. The molecule has 1 heterocycles. The molecule has 5 heteroatoms. The predicted molar refractivity (Wildman–Crippen MR) is 65.8 cm³/mol. The standard InChI is InChI=1S/C12H10ClN3O/c1-8-12(13)9(2)16(15-8)11-6-4-3-5-10(11)14-7-17/h3-6H,1-2H3. The highest BCUT2D eigenvalue weighted by Crippen LogP contribution is 2.27. The van der Waals surface area contributed by atoms with Gasteiger partial charge in [-0.3, -0.25) is 0 Å².